The molecule has 4 rings (SSSR count). The van der Waals surface area contributed by atoms with Gasteiger partial charge in [-0.15, -0.1) is 0 Å². The molecule has 0 amide bonds. The number of nitrogens with one attached hydrogen (secondary N) is 1. The number of nitrogens with two attached hydrogens (primary N) is 1. The number of ether oxygens (including phenoxy) is 1. The fourth-order valence-corrected chi connectivity index (χ4v) is 4.96. The van der Waals surface area contributed by atoms with Gasteiger partial charge in [-0.2, -0.15) is 0 Å². The second-order valence-corrected chi connectivity index (χ2v) is 8.87. The minimum atomic E-state index is -0.225. The van der Waals surface area contributed by atoms with Crippen LogP contribution >= 0.6 is 11.6 Å². The Morgan fingerprint density at radius 1 is 1.23 bits per heavy atom. The average Bonchev–Trinajstić information content (AvgIpc) is 2.71. The lowest BCUT2D eigenvalue weighted by atomic mass is 9.65. The highest BCUT2D eigenvalue weighted by molar-refractivity contribution is 6.32. The smallest absolute Gasteiger partial charge is 0.255 e. The number of H-pyrrole nitrogens is 1. The van der Waals surface area contributed by atoms with Crippen molar-refractivity contribution in [1.82, 2.24) is 4.98 Å². The third-order valence-electron chi connectivity index (χ3n) is 6.18. The first kappa shape index (κ1) is 20.9. The van der Waals surface area contributed by atoms with Gasteiger partial charge in [0.2, 0.25) is 0 Å². The van der Waals surface area contributed by atoms with Gasteiger partial charge in [-0.05, 0) is 85.7 Å². The molecule has 2 aromatic carbocycles. The second-order valence-electron chi connectivity index (χ2n) is 8.46. The molecule has 1 aromatic heterocycles. The van der Waals surface area contributed by atoms with Gasteiger partial charge in [0.1, 0.15) is 11.6 Å². The van der Waals surface area contributed by atoms with E-state index in [1.165, 1.54) is 12.1 Å². The Hall–Kier alpha value is -2.37. The van der Waals surface area contributed by atoms with Gasteiger partial charge in [0.05, 0.1) is 11.1 Å². The minimum Gasteiger partial charge on any atom is -0.489 e. The molecule has 0 bridgehead atoms. The molecule has 158 valence electrons. The maximum Gasteiger partial charge on any atom is 0.255 e. The standard InChI is InChI=1S/C24H26ClFN2O2/c1-15(27)14-24(17-2-4-18(26)5-3-17)9-6-19(7-10-24)30-22-12-16-8-11-28-23(29)20(16)13-21(22)25/h2-5,8,11-13,15,19H,6-7,9-10,14,27H2,1H3,(H,28,29). The third-order valence-corrected chi connectivity index (χ3v) is 6.47. The number of halogens is 2. The molecule has 1 aliphatic rings. The number of pyridine rings is 1. The highest BCUT2D eigenvalue weighted by Crippen LogP contribution is 2.44. The van der Waals surface area contributed by atoms with Crippen molar-refractivity contribution in [2.75, 3.05) is 0 Å². The van der Waals surface area contributed by atoms with Crippen LogP contribution in [0.3, 0.4) is 0 Å². The van der Waals surface area contributed by atoms with Crippen LogP contribution in [0.25, 0.3) is 10.8 Å². The first-order valence-corrected chi connectivity index (χ1v) is 10.7. The van der Waals surface area contributed by atoms with Gasteiger partial charge in [-0.3, -0.25) is 4.79 Å². The van der Waals surface area contributed by atoms with Crippen LogP contribution in [0.15, 0.2) is 53.5 Å². The van der Waals surface area contributed by atoms with E-state index in [0.717, 1.165) is 43.1 Å². The molecular weight excluding hydrogens is 403 g/mol. The molecule has 0 saturated heterocycles. The zero-order valence-electron chi connectivity index (χ0n) is 17.0. The molecule has 1 aliphatic carbocycles. The first-order chi connectivity index (χ1) is 14.4. The Balaban J connectivity index is 1.53. The maximum absolute atomic E-state index is 13.4. The lowest BCUT2D eigenvalue weighted by Gasteiger charge is -2.42. The van der Waals surface area contributed by atoms with Crippen LogP contribution in [0.5, 0.6) is 5.75 Å². The first-order valence-electron chi connectivity index (χ1n) is 10.4. The summed E-state index contributed by atoms with van der Waals surface area (Å²) in [4.78, 5) is 14.6. The summed E-state index contributed by atoms with van der Waals surface area (Å²) < 4.78 is 19.7. The molecule has 1 atom stereocenters. The van der Waals surface area contributed by atoms with E-state index in [0.29, 0.717) is 16.2 Å². The van der Waals surface area contributed by atoms with Gasteiger partial charge in [0.25, 0.3) is 5.56 Å². The molecule has 4 nitrogen and oxygen atoms in total. The zero-order valence-corrected chi connectivity index (χ0v) is 17.7. The van der Waals surface area contributed by atoms with Crippen LogP contribution in [-0.4, -0.2) is 17.1 Å². The molecule has 0 spiro atoms. The third kappa shape index (κ3) is 4.23. The summed E-state index contributed by atoms with van der Waals surface area (Å²) in [5.74, 6) is 0.373. The number of fused-ring (bicyclic) bond motifs is 1. The minimum absolute atomic E-state index is 0.0311. The highest BCUT2D eigenvalue weighted by Gasteiger charge is 2.38. The summed E-state index contributed by atoms with van der Waals surface area (Å²) in [6.45, 7) is 2.02. The van der Waals surface area contributed by atoms with E-state index in [2.05, 4.69) is 4.98 Å². The van der Waals surface area contributed by atoms with E-state index in [9.17, 15) is 9.18 Å². The van der Waals surface area contributed by atoms with Crippen molar-refractivity contribution in [1.29, 1.82) is 0 Å². The van der Waals surface area contributed by atoms with Crippen molar-refractivity contribution in [3.05, 3.63) is 75.4 Å². The molecule has 1 unspecified atom stereocenters. The van der Waals surface area contributed by atoms with Gasteiger partial charge in [0.15, 0.2) is 0 Å². The van der Waals surface area contributed by atoms with Crippen LogP contribution in [0.2, 0.25) is 5.02 Å². The van der Waals surface area contributed by atoms with Crippen molar-refractivity contribution >= 4 is 22.4 Å². The average molecular weight is 429 g/mol. The van der Waals surface area contributed by atoms with Gasteiger partial charge in [-0.1, -0.05) is 23.7 Å². The van der Waals surface area contributed by atoms with Gasteiger partial charge < -0.3 is 15.5 Å². The van der Waals surface area contributed by atoms with E-state index >= 15 is 0 Å². The Bertz CT molecular complexity index is 1090. The molecule has 3 aromatic rings. The van der Waals surface area contributed by atoms with E-state index in [4.69, 9.17) is 22.1 Å². The van der Waals surface area contributed by atoms with Crippen molar-refractivity contribution in [3.8, 4) is 5.75 Å². The summed E-state index contributed by atoms with van der Waals surface area (Å²) in [7, 11) is 0. The number of aromatic nitrogens is 1. The largest absolute Gasteiger partial charge is 0.489 e. The molecular formula is C24H26ClFN2O2. The number of hydrogen-bond donors (Lipinski definition) is 2. The SMILES string of the molecule is CC(N)CC1(c2ccc(F)cc2)CCC(Oc2cc3cc[nH]c(=O)c3cc2Cl)CC1. The summed E-state index contributed by atoms with van der Waals surface area (Å²) in [5, 5.41) is 1.78. The topological polar surface area (TPSA) is 68.1 Å². The number of hydrogen-bond acceptors (Lipinski definition) is 3. The fourth-order valence-electron chi connectivity index (χ4n) is 4.75. The molecule has 30 heavy (non-hydrogen) atoms. The van der Waals surface area contributed by atoms with Crippen LogP contribution in [-0.2, 0) is 5.41 Å². The van der Waals surface area contributed by atoms with Crippen molar-refractivity contribution < 1.29 is 9.13 Å². The summed E-state index contributed by atoms with van der Waals surface area (Å²) in [6.07, 6.45) is 6.04. The molecule has 0 radical (unpaired) electrons. The van der Waals surface area contributed by atoms with Gasteiger partial charge >= 0.3 is 0 Å². The molecule has 0 aliphatic heterocycles. The van der Waals surface area contributed by atoms with E-state index in [-0.39, 0.29) is 28.9 Å². The normalized spacial score (nSPS) is 22.7. The summed E-state index contributed by atoms with van der Waals surface area (Å²) in [5.41, 5.74) is 7.07. The van der Waals surface area contributed by atoms with Crippen molar-refractivity contribution in [2.45, 2.75) is 56.6 Å². The predicted molar refractivity (Wildman–Crippen MR) is 119 cm³/mol. The molecule has 3 N–H and O–H groups in total. The summed E-state index contributed by atoms with van der Waals surface area (Å²) in [6, 6.07) is 12.2. The van der Waals surface area contributed by atoms with Crippen LogP contribution < -0.4 is 16.0 Å². The Kier molecular flexibility index (Phi) is 5.85. The fraction of sp³-hybridized carbons (Fsp3) is 0.375. The number of aromatic amines is 1. The lowest BCUT2D eigenvalue weighted by Crippen LogP contribution is -2.39. The van der Waals surface area contributed by atoms with E-state index in [1.54, 1.807) is 12.3 Å². The molecule has 1 heterocycles. The second kappa shape index (κ2) is 8.40. The molecule has 1 saturated carbocycles. The van der Waals surface area contributed by atoms with E-state index in [1.807, 2.05) is 31.2 Å². The Morgan fingerprint density at radius 3 is 2.60 bits per heavy atom. The van der Waals surface area contributed by atoms with Crippen LogP contribution in [0, 0.1) is 5.82 Å². The van der Waals surface area contributed by atoms with Crippen molar-refractivity contribution in [3.63, 3.8) is 0 Å². The van der Waals surface area contributed by atoms with Crippen LogP contribution in [0.1, 0.15) is 44.6 Å². The van der Waals surface area contributed by atoms with E-state index < -0.39 is 0 Å². The monoisotopic (exact) mass is 428 g/mol. The molecule has 1 fully saturated rings. The van der Waals surface area contributed by atoms with Gasteiger partial charge in [-0.25, -0.2) is 4.39 Å². The van der Waals surface area contributed by atoms with Gasteiger partial charge in [0, 0.05) is 17.6 Å². The number of rotatable bonds is 5. The zero-order chi connectivity index (χ0) is 21.3. The Morgan fingerprint density at radius 2 is 1.93 bits per heavy atom. The Labute approximate surface area is 180 Å². The van der Waals surface area contributed by atoms with Crippen molar-refractivity contribution in [2.24, 2.45) is 5.73 Å². The highest BCUT2D eigenvalue weighted by atomic mass is 35.5. The quantitative estimate of drug-likeness (QED) is 0.578. The summed E-state index contributed by atoms with van der Waals surface area (Å²) >= 11 is 6.40. The number of benzene rings is 2. The predicted octanol–water partition coefficient (Wildman–Crippen LogP) is 5.32. The lowest BCUT2D eigenvalue weighted by molar-refractivity contribution is 0.110. The van der Waals surface area contributed by atoms with Crippen LogP contribution in [0.4, 0.5) is 4.39 Å². The maximum atomic E-state index is 13.4. The molecule has 6 heteroatoms.